The fourth-order valence-corrected chi connectivity index (χ4v) is 1.64. The summed E-state index contributed by atoms with van der Waals surface area (Å²) >= 11 is 0. The van der Waals surface area contributed by atoms with Crippen molar-refractivity contribution in [2.45, 2.75) is 25.8 Å². The standard InChI is InChI=1S/C10H14F2N6/c1-3-10(11,12)6-18-8(9(13)15-16-18)7-4-5-14-17(7)2/h4-5H,3,6,13H2,1-2H3. The zero-order chi connectivity index (χ0) is 13.3. The number of alkyl halides is 2. The maximum Gasteiger partial charge on any atom is 0.267 e. The first-order valence-corrected chi connectivity index (χ1v) is 5.50. The lowest BCUT2D eigenvalue weighted by Crippen LogP contribution is -2.24. The van der Waals surface area contributed by atoms with Gasteiger partial charge in [-0.25, -0.2) is 13.5 Å². The highest BCUT2D eigenvalue weighted by Gasteiger charge is 2.30. The van der Waals surface area contributed by atoms with Crippen LogP contribution in [0.3, 0.4) is 0 Å². The summed E-state index contributed by atoms with van der Waals surface area (Å²) in [7, 11) is 1.70. The van der Waals surface area contributed by atoms with Crippen LogP contribution in [0.25, 0.3) is 11.4 Å². The van der Waals surface area contributed by atoms with Gasteiger partial charge in [0, 0.05) is 19.7 Å². The zero-order valence-corrected chi connectivity index (χ0v) is 10.1. The largest absolute Gasteiger partial charge is 0.380 e. The van der Waals surface area contributed by atoms with Crippen molar-refractivity contribution < 1.29 is 8.78 Å². The van der Waals surface area contributed by atoms with E-state index in [4.69, 9.17) is 5.73 Å². The van der Waals surface area contributed by atoms with E-state index in [2.05, 4.69) is 15.4 Å². The third kappa shape index (κ3) is 2.18. The normalized spacial score (nSPS) is 12.0. The summed E-state index contributed by atoms with van der Waals surface area (Å²) in [6.45, 7) is 0.873. The molecule has 0 aliphatic heterocycles. The minimum absolute atomic E-state index is 0.116. The van der Waals surface area contributed by atoms with Gasteiger partial charge in [0.15, 0.2) is 5.82 Å². The number of nitrogen functional groups attached to an aromatic ring is 1. The van der Waals surface area contributed by atoms with E-state index in [9.17, 15) is 8.78 Å². The molecule has 2 N–H and O–H groups in total. The van der Waals surface area contributed by atoms with Gasteiger partial charge in [0.05, 0.1) is 5.69 Å². The highest BCUT2D eigenvalue weighted by Crippen LogP contribution is 2.27. The molecule has 0 saturated carbocycles. The maximum atomic E-state index is 13.4. The molecule has 0 atom stereocenters. The third-order valence-electron chi connectivity index (χ3n) is 2.72. The van der Waals surface area contributed by atoms with Crippen molar-refractivity contribution >= 4 is 5.82 Å². The first kappa shape index (κ1) is 12.5. The summed E-state index contributed by atoms with van der Waals surface area (Å²) in [4.78, 5) is 0. The lowest BCUT2D eigenvalue weighted by Gasteiger charge is -2.15. The van der Waals surface area contributed by atoms with Crippen molar-refractivity contribution in [3.05, 3.63) is 12.3 Å². The molecule has 2 aromatic rings. The van der Waals surface area contributed by atoms with Crippen LogP contribution in [0.1, 0.15) is 13.3 Å². The van der Waals surface area contributed by atoms with Crippen molar-refractivity contribution in [3.8, 4) is 11.4 Å². The van der Waals surface area contributed by atoms with Gasteiger partial charge < -0.3 is 5.73 Å². The van der Waals surface area contributed by atoms with Crippen molar-refractivity contribution in [2.75, 3.05) is 5.73 Å². The maximum absolute atomic E-state index is 13.4. The molecule has 0 amide bonds. The summed E-state index contributed by atoms with van der Waals surface area (Å²) in [5.41, 5.74) is 6.65. The van der Waals surface area contributed by atoms with Crippen LogP contribution < -0.4 is 5.73 Å². The molecule has 2 aromatic heterocycles. The number of anilines is 1. The molecule has 0 radical (unpaired) electrons. The number of hydrogen-bond acceptors (Lipinski definition) is 4. The molecule has 18 heavy (non-hydrogen) atoms. The predicted molar refractivity (Wildman–Crippen MR) is 61.9 cm³/mol. The first-order chi connectivity index (χ1) is 8.44. The Labute approximate surface area is 102 Å². The number of hydrogen-bond donors (Lipinski definition) is 1. The minimum Gasteiger partial charge on any atom is -0.380 e. The van der Waals surface area contributed by atoms with E-state index in [0.717, 1.165) is 4.68 Å². The van der Waals surface area contributed by atoms with E-state index >= 15 is 0 Å². The molecule has 6 nitrogen and oxygen atoms in total. The highest BCUT2D eigenvalue weighted by atomic mass is 19.3. The van der Waals surface area contributed by atoms with E-state index in [1.807, 2.05) is 0 Å². The SMILES string of the molecule is CCC(F)(F)Cn1nnc(N)c1-c1ccnn1C. The van der Waals surface area contributed by atoms with Gasteiger partial charge in [-0.1, -0.05) is 12.1 Å². The smallest absolute Gasteiger partial charge is 0.267 e. The van der Waals surface area contributed by atoms with Crippen LogP contribution >= 0.6 is 0 Å². The van der Waals surface area contributed by atoms with Crippen LogP contribution in [0.15, 0.2) is 12.3 Å². The topological polar surface area (TPSA) is 74.6 Å². The molecule has 0 spiro atoms. The molecule has 8 heteroatoms. The molecule has 0 aliphatic carbocycles. The van der Waals surface area contributed by atoms with Crippen LogP contribution in [-0.4, -0.2) is 30.7 Å². The molecular formula is C10H14F2N6. The number of nitrogens with zero attached hydrogens (tertiary/aromatic N) is 5. The second-order valence-corrected chi connectivity index (χ2v) is 4.03. The lowest BCUT2D eigenvalue weighted by molar-refractivity contribution is -0.0229. The summed E-state index contributed by atoms with van der Waals surface area (Å²) < 4.78 is 29.5. The molecule has 0 aromatic carbocycles. The Balaban J connectivity index is 2.43. The average molecular weight is 256 g/mol. The summed E-state index contributed by atoms with van der Waals surface area (Å²) in [5, 5.41) is 11.3. The fourth-order valence-electron chi connectivity index (χ4n) is 1.64. The minimum atomic E-state index is -2.84. The number of aryl methyl sites for hydroxylation is 1. The molecule has 0 unspecified atom stereocenters. The van der Waals surface area contributed by atoms with Crippen molar-refractivity contribution in [2.24, 2.45) is 7.05 Å². The molecule has 0 aliphatic rings. The van der Waals surface area contributed by atoms with E-state index in [1.165, 1.54) is 11.6 Å². The molecular weight excluding hydrogens is 242 g/mol. The second kappa shape index (κ2) is 4.35. The number of aromatic nitrogens is 5. The van der Waals surface area contributed by atoms with Crippen LogP contribution in [0, 0.1) is 0 Å². The van der Waals surface area contributed by atoms with E-state index in [-0.39, 0.29) is 12.2 Å². The van der Waals surface area contributed by atoms with Crippen LogP contribution in [0.5, 0.6) is 0 Å². The number of nitrogens with two attached hydrogens (primary N) is 1. The van der Waals surface area contributed by atoms with Gasteiger partial charge >= 0.3 is 0 Å². The molecule has 2 heterocycles. The van der Waals surface area contributed by atoms with E-state index in [1.54, 1.807) is 19.3 Å². The molecule has 0 fully saturated rings. The van der Waals surface area contributed by atoms with Crippen LogP contribution in [-0.2, 0) is 13.6 Å². The Kier molecular flexibility index (Phi) is 3.02. The fraction of sp³-hybridized carbons (Fsp3) is 0.500. The van der Waals surface area contributed by atoms with Gasteiger partial charge in [0.25, 0.3) is 5.92 Å². The molecule has 2 rings (SSSR count). The summed E-state index contributed by atoms with van der Waals surface area (Å²) in [6.07, 6.45) is 1.29. The summed E-state index contributed by atoms with van der Waals surface area (Å²) in [6, 6.07) is 1.68. The Morgan fingerprint density at radius 3 is 2.72 bits per heavy atom. The first-order valence-electron chi connectivity index (χ1n) is 5.50. The van der Waals surface area contributed by atoms with Crippen molar-refractivity contribution in [1.29, 1.82) is 0 Å². The molecule has 98 valence electrons. The van der Waals surface area contributed by atoms with E-state index in [0.29, 0.717) is 11.4 Å². The van der Waals surface area contributed by atoms with Gasteiger partial charge in [-0.05, 0) is 6.07 Å². The van der Waals surface area contributed by atoms with Crippen LogP contribution in [0.2, 0.25) is 0 Å². The van der Waals surface area contributed by atoms with Gasteiger partial charge in [-0.3, -0.25) is 4.68 Å². The molecule has 0 saturated heterocycles. The predicted octanol–water partition coefficient (Wildman–Crippen LogP) is 1.31. The summed E-state index contributed by atoms with van der Waals surface area (Å²) in [5.74, 6) is -2.72. The monoisotopic (exact) mass is 256 g/mol. The van der Waals surface area contributed by atoms with Crippen LogP contribution in [0.4, 0.5) is 14.6 Å². The Morgan fingerprint density at radius 1 is 1.44 bits per heavy atom. The highest BCUT2D eigenvalue weighted by molar-refractivity contribution is 5.66. The van der Waals surface area contributed by atoms with Gasteiger partial charge in [0.1, 0.15) is 12.2 Å². The molecule has 0 bridgehead atoms. The van der Waals surface area contributed by atoms with Gasteiger partial charge in [-0.15, -0.1) is 5.10 Å². The van der Waals surface area contributed by atoms with Crippen molar-refractivity contribution in [3.63, 3.8) is 0 Å². The Bertz CT molecular complexity index is 544. The third-order valence-corrected chi connectivity index (χ3v) is 2.72. The van der Waals surface area contributed by atoms with Gasteiger partial charge in [-0.2, -0.15) is 5.10 Å². The zero-order valence-electron chi connectivity index (χ0n) is 10.1. The number of rotatable bonds is 4. The van der Waals surface area contributed by atoms with E-state index < -0.39 is 12.5 Å². The quantitative estimate of drug-likeness (QED) is 0.894. The Hall–Kier alpha value is -1.99. The van der Waals surface area contributed by atoms with Gasteiger partial charge in [0.2, 0.25) is 0 Å². The van der Waals surface area contributed by atoms with Crippen molar-refractivity contribution in [1.82, 2.24) is 24.8 Å². The number of halogens is 2. The Morgan fingerprint density at radius 2 is 2.17 bits per heavy atom. The second-order valence-electron chi connectivity index (χ2n) is 4.03. The lowest BCUT2D eigenvalue weighted by atomic mass is 10.2. The average Bonchev–Trinajstić information content (AvgIpc) is 2.86.